The van der Waals surface area contributed by atoms with E-state index in [-0.39, 0.29) is 5.92 Å². The fourth-order valence-electron chi connectivity index (χ4n) is 2.31. The van der Waals surface area contributed by atoms with E-state index >= 15 is 0 Å². The average molecular weight is 250 g/mol. The highest BCUT2D eigenvalue weighted by atomic mass is 35.5. The number of hydrogen-bond acceptors (Lipinski definition) is 3. The molecule has 0 amide bonds. The van der Waals surface area contributed by atoms with Crippen LogP contribution in [0.2, 0.25) is 5.02 Å². The van der Waals surface area contributed by atoms with Crippen molar-refractivity contribution in [1.82, 2.24) is 0 Å². The molecule has 1 aliphatic rings. The molecule has 1 aromatic carbocycles. The maximum Gasteiger partial charge on any atom is 0.324 e. The van der Waals surface area contributed by atoms with Crippen molar-refractivity contribution in [3.05, 3.63) is 34.9 Å². The number of carbonyl (C=O) groups is 1. The van der Waals surface area contributed by atoms with E-state index in [1.807, 2.05) is 32.0 Å². The predicted octanol–water partition coefficient (Wildman–Crippen LogP) is 2.90. The first-order chi connectivity index (χ1) is 7.95. The Morgan fingerprint density at radius 1 is 1.35 bits per heavy atom. The van der Waals surface area contributed by atoms with Crippen LogP contribution in [-0.4, -0.2) is 11.6 Å². The zero-order valence-electron chi connectivity index (χ0n) is 9.61. The fraction of sp³-hybridized carbons (Fsp3) is 0.385. The summed E-state index contributed by atoms with van der Waals surface area (Å²) in [6, 6.07) is 9.20. The molecule has 0 saturated carbocycles. The van der Waals surface area contributed by atoms with Crippen molar-refractivity contribution in [2.75, 3.05) is 0 Å². The Morgan fingerprint density at radius 3 is 2.47 bits per heavy atom. The number of nitrogens with zero attached hydrogens (tertiary/aromatic N) is 1. The molecule has 17 heavy (non-hydrogen) atoms. The van der Waals surface area contributed by atoms with E-state index in [0.29, 0.717) is 5.02 Å². The molecule has 0 bridgehead atoms. The molecule has 2 rings (SSSR count). The van der Waals surface area contributed by atoms with Gasteiger partial charge in [-0.3, -0.25) is 4.79 Å². The van der Waals surface area contributed by atoms with E-state index < -0.39 is 17.5 Å². The van der Waals surface area contributed by atoms with E-state index in [4.69, 9.17) is 21.6 Å². The van der Waals surface area contributed by atoms with Gasteiger partial charge in [-0.1, -0.05) is 23.7 Å². The number of esters is 1. The molecule has 0 spiro atoms. The van der Waals surface area contributed by atoms with Crippen molar-refractivity contribution in [2.24, 2.45) is 5.92 Å². The quantitative estimate of drug-likeness (QED) is 0.719. The predicted molar refractivity (Wildman–Crippen MR) is 63.5 cm³/mol. The number of hydrogen-bond donors (Lipinski definition) is 0. The number of cyclic esters (lactones) is 1. The standard InChI is InChI=1S/C13H12ClNO2/c1-13(2)11(10(7-15)12(16)17-13)8-3-5-9(14)6-4-8/h3-6,10-11H,1-2H3/t10-,11-/m0/s1. The van der Waals surface area contributed by atoms with Gasteiger partial charge < -0.3 is 4.74 Å². The van der Waals surface area contributed by atoms with Crippen LogP contribution in [-0.2, 0) is 9.53 Å². The number of nitriles is 1. The van der Waals surface area contributed by atoms with Crippen LogP contribution in [0.15, 0.2) is 24.3 Å². The number of ether oxygens (including phenoxy) is 1. The lowest BCUT2D eigenvalue weighted by atomic mass is 9.79. The molecule has 3 nitrogen and oxygen atoms in total. The van der Waals surface area contributed by atoms with Crippen molar-refractivity contribution in [3.8, 4) is 6.07 Å². The van der Waals surface area contributed by atoms with Crippen molar-refractivity contribution in [1.29, 1.82) is 5.26 Å². The third kappa shape index (κ3) is 2.01. The van der Waals surface area contributed by atoms with E-state index in [0.717, 1.165) is 5.56 Å². The SMILES string of the molecule is CC1(C)OC(=O)[C@@H](C#N)[C@@H]1c1ccc(Cl)cc1. The Bertz CT molecular complexity index is 487. The van der Waals surface area contributed by atoms with E-state index in [1.165, 1.54) is 0 Å². The van der Waals surface area contributed by atoms with Gasteiger partial charge in [-0.2, -0.15) is 5.26 Å². The lowest BCUT2D eigenvalue weighted by Gasteiger charge is -2.25. The van der Waals surface area contributed by atoms with Crippen LogP contribution < -0.4 is 0 Å². The zero-order valence-corrected chi connectivity index (χ0v) is 10.4. The Labute approximate surface area is 105 Å². The van der Waals surface area contributed by atoms with Crippen molar-refractivity contribution >= 4 is 17.6 Å². The minimum absolute atomic E-state index is 0.253. The summed E-state index contributed by atoms with van der Waals surface area (Å²) in [5, 5.41) is 9.71. The second-order valence-electron chi connectivity index (χ2n) is 4.66. The summed E-state index contributed by atoms with van der Waals surface area (Å²) in [6.07, 6.45) is 0. The van der Waals surface area contributed by atoms with Crippen LogP contribution in [0.5, 0.6) is 0 Å². The summed E-state index contributed by atoms with van der Waals surface area (Å²) >= 11 is 5.83. The second-order valence-corrected chi connectivity index (χ2v) is 5.10. The Morgan fingerprint density at radius 2 is 1.94 bits per heavy atom. The highest BCUT2D eigenvalue weighted by Gasteiger charge is 2.50. The molecule has 0 aromatic heterocycles. The molecule has 4 heteroatoms. The first-order valence-electron chi connectivity index (χ1n) is 5.33. The maximum atomic E-state index is 11.6. The molecule has 1 fully saturated rings. The molecule has 1 aliphatic heterocycles. The number of benzene rings is 1. The molecular formula is C13H12ClNO2. The van der Waals surface area contributed by atoms with Crippen LogP contribution in [0.25, 0.3) is 0 Å². The molecule has 0 radical (unpaired) electrons. The van der Waals surface area contributed by atoms with Crippen LogP contribution in [0.3, 0.4) is 0 Å². The molecule has 1 saturated heterocycles. The first kappa shape index (κ1) is 11.9. The highest BCUT2D eigenvalue weighted by Crippen LogP contribution is 2.44. The van der Waals surface area contributed by atoms with Crippen molar-refractivity contribution in [3.63, 3.8) is 0 Å². The van der Waals surface area contributed by atoms with Gasteiger partial charge in [0.05, 0.1) is 6.07 Å². The van der Waals surface area contributed by atoms with Gasteiger partial charge >= 0.3 is 5.97 Å². The van der Waals surface area contributed by atoms with Crippen molar-refractivity contribution < 1.29 is 9.53 Å². The summed E-state index contributed by atoms with van der Waals surface area (Å²) in [5.41, 5.74) is 0.238. The van der Waals surface area contributed by atoms with Gasteiger partial charge in [-0.25, -0.2) is 0 Å². The largest absolute Gasteiger partial charge is 0.458 e. The lowest BCUT2D eigenvalue weighted by molar-refractivity contribution is -0.147. The smallest absolute Gasteiger partial charge is 0.324 e. The summed E-state index contributed by atoms with van der Waals surface area (Å²) in [6.45, 7) is 3.64. The number of rotatable bonds is 1. The molecule has 88 valence electrons. The number of halogens is 1. The molecule has 0 aliphatic carbocycles. The van der Waals surface area contributed by atoms with Gasteiger partial charge in [-0.05, 0) is 31.5 Å². The Kier molecular flexibility index (Phi) is 2.84. The van der Waals surface area contributed by atoms with E-state index in [9.17, 15) is 4.79 Å². The maximum absolute atomic E-state index is 11.6. The molecule has 1 aromatic rings. The monoisotopic (exact) mass is 249 g/mol. The second kappa shape index (κ2) is 4.05. The third-order valence-electron chi connectivity index (χ3n) is 3.07. The summed E-state index contributed by atoms with van der Waals surface area (Å²) in [4.78, 5) is 11.6. The van der Waals surface area contributed by atoms with E-state index in [1.54, 1.807) is 12.1 Å². The molecule has 2 atom stereocenters. The van der Waals surface area contributed by atoms with Gasteiger partial charge in [0.25, 0.3) is 0 Å². The summed E-state index contributed by atoms with van der Waals surface area (Å²) in [7, 11) is 0. The molecule has 0 N–H and O–H groups in total. The minimum atomic E-state index is -0.744. The van der Waals surface area contributed by atoms with Gasteiger partial charge in [-0.15, -0.1) is 0 Å². The normalized spacial score (nSPS) is 26.4. The zero-order chi connectivity index (χ0) is 12.6. The van der Waals surface area contributed by atoms with Crippen molar-refractivity contribution in [2.45, 2.75) is 25.4 Å². The van der Waals surface area contributed by atoms with Crippen LogP contribution >= 0.6 is 11.6 Å². The topological polar surface area (TPSA) is 50.1 Å². The van der Waals surface area contributed by atoms with Gasteiger partial charge in [0, 0.05) is 10.9 Å². The third-order valence-corrected chi connectivity index (χ3v) is 3.32. The Hall–Kier alpha value is -1.53. The number of carbonyl (C=O) groups excluding carboxylic acids is 1. The first-order valence-corrected chi connectivity index (χ1v) is 5.71. The van der Waals surface area contributed by atoms with Crippen LogP contribution in [0.4, 0.5) is 0 Å². The Balaban J connectivity index is 2.45. The van der Waals surface area contributed by atoms with Gasteiger partial charge in [0.15, 0.2) is 5.92 Å². The van der Waals surface area contributed by atoms with Crippen LogP contribution in [0, 0.1) is 17.2 Å². The molecule has 0 unspecified atom stereocenters. The van der Waals surface area contributed by atoms with Crippen LogP contribution in [0.1, 0.15) is 25.3 Å². The van der Waals surface area contributed by atoms with Gasteiger partial charge in [0.2, 0.25) is 0 Å². The van der Waals surface area contributed by atoms with Gasteiger partial charge in [0.1, 0.15) is 5.60 Å². The lowest BCUT2D eigenvalue weighted by Crippen LogP contribution is -2.27. The summed E-state index contributed by atoms with van der Waals surface area (Å²) < 4.78 is 5.26. The molecule has 1 heterocycles. The highest BCUT2D eigenvalue weighted by molar-refractivity contribution is 6.30. The molecular weight excluding hydrogens is 238 g/mol. The van der Waals surface area contributed by atoms with E-state index in [2.05, 4.69) is 0 Å². The summed E-state index contributed by atoms with van der Waals surface area (Å²) in [5.74, 6) is -1.44. The average Bonchev–Trinajstić information content (AvgIpc) is 2.49. The fourth-order valence-corrected chi connectivity index (χ4v) is 2.44. The minimum Gasteiger partial charge on any atom is -0.458 e.